The maximum Gasteiger partial charge on any atom is 0.123 e. The van der Waals surface area contributed by atoms with Crippen LogP contribution in [0.2, 0.25) is 0 Å². The molecule has 1 saturated heterocycles. The van der Waals surface area contributed by atoms with Crippen LogP contribution in [-0.4, -0.2) is 41.5 Å². The van der Waals surface area contributed by atoms with E-state index in [0.29, 0.717) is 6.54 Å². The number of alkyl halides is 1. The van der Waals surface area contributed by atoms with Crippen LogP contribution in [0.3, 0.4) is 0 Å². The van der Waals surface area contributed by atoms with Crippen molar-refractivity contribution in [2.24, 2.45) is 0 Å². The third-order valence-electron chi connectivity index (χ3n) is 5.62. The lowest BCUT2D eigenvalue weighted by atomic mass is 9.96. The molecule has 3 aromatic carbocycles. The molecule has 1 unspecified atom stereocenters. The standard InChI is InChI=1S/C26H25ClF2N2/c27-25-19-30(16-4-7-20-5-2-1-3-6-20)17-18-31(25)26(21-8-12-23(28)13-9-21)22-10-14-24(29)15-11-22/h1-15,25-26H,16-19H2/b7-4+. The quantitative estimate of drug-likeness (QED) is 0.346. The van der Waals surface area contributed by atoms with Crippen LogP contribution in [0.1, 0.15) is 22.7 Å². The van der Waals surface area contributed by atoms with E-state index in [1.165, 1.54) is 29.8 Å². The molecule has 1 aliphatic heterocycles. The fourth-order valence-corrected chi connectivity index (χ4v) is 4.44. The average molecular weight is 439 g/mol. The van der Waals surface area contributed by atoms with Gasteiger partial charge in [-0.2, -0.15) is 0 Å². The number of rotatable bonds is 6. The SMILES string of the molecule is Fc1ccc(C(c2ccc(F)cc2)N2CCN(C/C=C/c3ccccc3)CC2Cl)cc1. The highest BCUT2D eigenvalue weighted by Crippen LogP contribution is 2.33. The van der Waals surface area contributed by atoms with Crippen LogP contribution in [0.15, 0.2) is 84.9 Å². The third kappa shape index (κ3) is 5.59. The van der Waals surface area contributed by atoms with E-state index in [-0.39, 0.29) is 23.2 Å². The highest BCUT2D eigenvalue weighted by molar-refractivity contribution is 6.20. The second kappa shape index (κ2) is 10.2. The first-order chi connectivity index (χ1) is 15.1. The van der Waals surface area contributed by atoms with E-state index in [2.05, 4.69) is 34.1 Å². The van der Waals surface area contributed by atoms with E-state index >= 15 is 0 Å². The van der Waals surface area contributed by atoms with E-state index in [0.717, 1.165) is 30.8 Å². The molecule has 1 aliphatic rings. The molecule has 0 saturated carbocycles. The molecule has 0 spiro atoms. The van der Waals surface area contributed by atoms with Crippen LogP contribution in [0, 0.1) is 11.6 Å². The maximum absolute atomic E-state index is 13.5. The molecule has 1 atom stereocenters. The van der Waals surface area contributed by atoms with Gasteiger partial charge in [0, 0.05) is 26.2 Å². The first-order valence-corrected chi connectivity index (χ1v) is 10.9. The smallest absolute Gasteiger partial charge is 0.123 e. The Morgan fingerprint density at radius 3 is 1.97 bits per heavy atom. The second-order valence-electron chi connectivity index (χ2n) is 7.75. The van der Waals surface area contributed by atoms with E-state index in [9.17, 15) is 8.78 Å². The Hall–Kier alpha value is -2.53. The Bertz CT molecular complexity index is 945. The van der Waals surface area contributed by atoms with Crippen LogP contribution < -0.4 is 0 Å². The number of hydrogen-bond donors (Lipinski definition) is 0. The Labute approximate surface area is 187 Å². The molecule has 0 bridgehead atoms. The van der Waals surface area contributed by atoms with Gasteiger partial charge in [0.05, 0.1) is 11.5 Å². The van der Waals surface area contributed by atoms with Gasteiger partial charge >= 0.3 is 0 Å². The normalized spacial score (nSPS) is 18.1. The molecule has 0 radical (unpaired) electrons. The number of nitrogens with zero attached hydrogens (tertiary/aromatic N) is 2. The Morgan fingerprint density at radius 1 is 0.839 bits per heavy atom. The van der Waals surface area contributed by atoms with E-state index in [1.807, 2.05) is 18.2 Å². The summed E-state index contributed by atoms with van der Waals surface area (Å²) in [5, 5.41) is 0. The van der Waals surface area contributed by atoms with Gasteiger partial charge in [0.1, 0.15) is 11.6 Å². The van der Waals surface area contributed by atoms with Crippen LogP contribution >= 0.6 is 11.6 Å². The minimum absolute atomic E-state index is 0.161. The molecule has 2 nitrogen and oxygen atoms in total. The zero-order chi connectivity index (χ0) is 21.6. The summed E-state index contributed by atoms with van der Waals surface area (Å²) in [5.41, 5.74) is 2.84. The monoisotopic (exact) mass is 438 g/mol. The van der Waals surface area contributed by atoms with E-state index in [4.69, 9.17) is 11.6 Å². The lowest BCUT2D eigenvalue weighted by Gasteiger charge is -2.42. The van der Waals surface area contributed by atoms with Crippen molar-refractivity contribution in [3.05, 3.63) is 113 Å². The van der Waals surface area contributed by atoms with Gasteiger partial charge in [0.25, 0.3) is 0 Å². The summed E-state index contributed by atoms with van der Waals surface area (Å²) in [4.78, 5) is 4.53. The summed E-state index contributed by atoms with van der Waals surface area (Å²) < 4.78 is 27.0. The molecule has 0 N–H and O–H groups in total. The molecule has 5 heteroatoms. The van der Waals surface area contributed by atoms with Crippen LogP contribution in [-0.2, 0) is 0 Å². The van der Waals surface area contributed by atoms with Crippen molar-refractivity contribution in [2.45, 2.75) is 11.5 Å². The first kappa shape index (κ1) is 21.7. The van der Waals surface area contributed by atoms with Gasteiger partial charge < -0.3 is 0 Å². The predicted molar refractivity (Wildman–Crippen MR) is 123 cm³/mol. The highest BCUT2D eigenvalue weighted by atomic mass is 35.5. The fourth-order valence-electron chi connectivity index (χ4n) is 4.03. The molecule has 0 aromatic heterocycles. The molecule has 0 aliphatic carbocycles. The topological polar surface area (TPSA) is 6.48 Å². The first-order valence-electron chi connectivity index (χ1n) is 10.4. The summed E-state index contributed by atoms with van der Waals surface area (Å²) in [6.45, 7) is 3.15. The largest absolute Gasteiger partial charge is 0.296 e. The minimum atomic E-state index is -0.279. The molecule has 31 heavy (non-hydrogen) atoms. The lowest BCUT2D eigenvalue weighted by Crippen LogP contribution is -2.52. The fraction of sp³-hybridized carbons (Fsp3) is 0.231. The highest BCUT2D eigenvalue weighted by Gasteiger charge is 2.32. The number of piperazine rings is 1. The van der Waals surface area contributed by atoms with Gasteiger partial charge in [-0.3, -0.25) is 9.80 Å². The molecule has 0 amide bonds. The lowest BCUT2D eigenvalue weighted by molar-refractivity contribution is 0.0969. The van der Waals surface area contributed by atoms with Crippen molar-refractivity contribution in [1.29, 1.82) is 0 Å². The number of hydrogen-bond acceptors (Lipinski definition) is 2. The van der Waals surface area contributed by atoms with Gasteiger partial charge in [0.15, 0.2) is 0 Å². The van der Waals surface area contributed by atoms with Crippen molar-refractivity contribution in [3.63, 3.8) is 0 Å². The Morgan fingerprint density at radius 2 is 1.42 bits per heavy atom. The molecule has 4 rings (SSSR count). The summed E-state index contributed by atoms with van der Waals surface area (Å²) in [7, 11) is 0. The van der Waals surface area contributed by atoms with Crippen molar-refractivity contribution in [1.82, 2.24) is 9.80 Å². The van der Waals surface area contributed by atoms with E-state index < -0.39 is 0 Å². The van der Waals surface area contributed by atoms with Crippen molar-refractivity contribution in [2.75, 3.05) is 26.2 Å². The van der Waals surface area contributed by atoms with Gasteiger partial charge in [-0.1, -0.05) is 66.7 Å². The van der Waals surface area contributed by atoms with E-state index in [1.54, 1.807) is 24.3 Å². The summed E-state index contributed by atoms with van der Waals surface area (Å²) >= 11 is 6.84. The molecular formula is C26H25ClF2N2. The zero-order valence-electron chi connectivity index (χ0n) is 17.2. The number of halogens is 3. The van der Waals surface area contributed by atoms with Crippen LogP contribution in [0.5, 0.6) is 0 Å². The van der Waals surface area contributed by atoms with Gasteiger partial charge in [0.2, 0.25) is 0 Å². The second-order valence-corrected chi connectivity index (χ2v) is 8.25. The number of benzene rings is 3. The third-order valence-corrected chi connectivity index (χ3v) is 6.01. The summed E-state index contributed by atoms with van der Waals surface area (Å²) in [5.74, 6) is -0.557. The van der Waals surface area contributed by atoms with Crippen LogP contribution in [0.4, 0.5) is 8.78 Å². The average Bonchev–Trinajstić information content (AvgIpc) is 2.78. The van der Waals surface area contributed by atoms with Gasteiger partial charge in [-0.25, -0.2) is 8.78 Å². The van der Waals surface area contributed by atoms with Crippen LogP contribution in [0.25, 0.3) is 6.08 Å². The molecule has 1 fully saturated rings. The molecular weight excluding hydrogens is 414 g/mol. The van der Waals surface area contributed by atoms with Gasteiger partial charge in [-0.05, 0) is 41.0 Å². The van der Waals surface area contributed by atoms with Crippen molar-refractivity contribution >= 4 is 17.7 Å². The molecule has 1 heterocycles. The summed E-state index contributed by atoms with van der Waals surface area (Å²) in [6, 6.07) is 23.0. The van der Waals surface area contributed by atoms with Gasteiger partial charge in [-0.15, -0.1) is 11.6 Å². The Balaban J connectivity index is 1.48. The molecule has 3 aromatic rings. The Kier molecular flexibility index (Phi) is 7.13. The van der Waals surface area contributed by atoms with Crippen molar-refractivity contribution in [3.8, 4) is 0 Å². The minimum Gasteiger partial charge on any atom is -0.296 e. The predicted octanol–water partition coefficient (Wildman–Crippen LogP) is 5.95. The maximum atomic E-state index is 13.5. The summed E-state index contributed by atoms with van der Waals surface area (Å²) in [6.07, 6.45) is 4.28. The zero-order valence-corrected chi connectivity index (χ0v) is 17.9. The molecule has 160 valence electrons. The van der Waals surface area contributed by atoms with Crippen molar-refractivity contribution < 1.29 is 8.78 Å².